The van der Waals surface area contributed by atoms with Crippen LogP contribution in [-0.2, 0) is 10.5 Å². The van der Waals surface area contributed by atoms with Crippen molar-refractivity contribution in [3.8, 4) is 0 Å². The van der Waals surface area contributed by atoms with E-state index in [0.717, 1.165) is 5.56 Å². The molecule has 0 fully saturated rings. The minimum Gasteiger partial charge on any atom is -0.481 e. The lowest BCUT2D eigenvalue weighted by Crippen LogP contribution is -1.97. The zero-order valence-corrected chi connectivity index (χ0v) is 11.2. The molecule has 0 atom stereocenters. The third kappa shape index (κ3) is 4.35. The van der Waals surface area contributed by atoms with E-state index in [0.29, 0.717) is 16.0 Å². The van der Waals surface area contributed by atoms with Crippen molar-refractivity contribution in [3.05, 3.63) is 38.3 Å². The van der Waals surface area contributed by atoms with Gasteiger partial charge in [-0.05, 0) is 21.5 Å². The molecule has 1 aromatic rings. The highest BCUT2D eigenvalue weighted by Gasteiger charge is 2.14. The predicted octanol–water partition coefficient (Wildman–Crippen LogP) is 3.07. The minimum atomic E-state index is -0.837. The van der Waals surface area contributed by atoms with Crippen LogP contribution < -0.4 is 0 Å². The Kier molecular flexibility index (Phi) is 5.43. The molecule has 1 rings (SSSR count). The van der Waals surface area contributed by atoms with Gasteiger partial charge in [0.1, 0.15) is 0 Å². The standard InChI is InChI=1S/C10H10BrNO4S/c11-10-7(6-17-5-4-9(13)14)2-1-3-8(10)12(15)16/h1-3H,4-6H2,(H,13,14). The third-order valence-corrected chi connectivity index (χ3v) is 3.90. The van der Waals surface area contributed by atoms with Crippen LogP contribution in [0.15, 0.2) is 22.7 Å². The van der Waals surface area contributed by atoms with Gasteiger partial charge in [-0.1, -0.05) is 12.1 Å². The quantitative estimate of drug-likeness (QED) is 0.495. The molecular formula is C10H10BrNO4S. The minimum absolute atomic E-state index is 0.0290. The highest BCUT2D eigenvalue weighted by atomic mass is 79.9. The molecule has 0 heterocycles. The molecule has 0 aromatic heterocycles. The summed E-state index contributed by atoms with van der Waals surface area (Å²) in [5.74, 6) is 0.204. The van der Waals surface area contributed by atoms with Crippen LogP contribution in [0.4, 0.5) is 5.69 Å². The van der Waals surface area contributed by atoms with Crippen molar-refractivity contribution in [1.82, 2.24) is 0 Å². The number of hydrogen-bond donors (Lipinski definition) is 1. The SMILES string of the molecule is O=C(O)CCSCc1cccc([N+](=O)[O-])c1Br. The molecule has 17 heavy (non-hydrogen) atoms. The van der Waals surface area contributed by atoms with Gasteiger partial charge in [0.25, 0.3) is 5.69 Å². The zero-order valence-electron chi connectivity index (χ0n) is 8.76. The van der Waals surface area contributed by atoms with E-state index in [2.05, 4.69) is 15.9 Å². The van der Waals surface area contributed by atoms with Crippen LogP contribution >= 0.6 is 27.7 Å². The Balaban J connectivity index is 2.62. The maximum atomic E-state index is 10.7. The van der Waals surface area contributed by atoms with Crippen LogP contribution in [-0.4, -0.2) is 21.8 Å². The molecule has 0 unspecified atom stereocenters. The fraction of sp³-hybridized carbons (Fsp3) is 0.300. The molecule has 1 aromatic carbocycles. The molecule has 0 spiro atoms. The first-order chi connectivity index (χ1) is 8.02. The number of carbonyl (C=O) groups is 1. The third-order valence-electron chi connectivity index (χ3n) is 1.97. The van der Waals surface area contributed by atoms with Crippen molar-refractivity contribution >= 4 is 39.3 Å². The number of rotatable bonds is 6. The molecule has 7 heteroatoms. The van der Waals surface area contributed by atoms with Crippen LogP contribution in [0.5, 0.6) is 0 Å². The molecular weight excluding hydrogens is 310 g/mol. The topological polar surface area (TPSA) is 80.4 Å². The Morgan fingerprint density at radius 1 is 1.53 bits per heavy atom. The second-order valence-corrected chi connectivity index (χ2v) is 5.10. The van der Waals surface area contributed by atoms with E-state index in [4.69, 9.17) is 5.11 Å². The first-order valence-corrected chi connectivity index (χ1v) is 6.68. The lowest BCUT2D eigenvalue weighted by molar-refractivity contribution is -0.385. The predicted molar refractivity (Wildman–Crippen MR) is 69.2 cm³/mol. The number of carboxylic acids is 1. The zero-order chi connectivity index (χ0) is 12.8. The molecule has 1 N–H and O–H groups in total. The van der Waals surface area contributed by atoms with E-state index < -0.39 is 10.9 Å². The molecule has 0 aliphatic rings. The van der Waals surface area contributed by atoms with E-state index in [9.17, 15) is 14.9 Å². The van der Waals surface area contributed by atoms with Crippen molar-refractivity contribution in [2.45, 2.75) is 12.2 Å². The lowest BCUT2D eigenvalue weighted by Gasteiger charge is -2.04. The number of hydrogen-bond acceptors (Lipinski definition) is 4. The number of aliphatic carboxylic acids is 1. The van der Waals surface area contributed by atoms with Crippen molar-refractivity contribution in [1.29, 1.82) is 0 Å². The summed E-state index contributed by atoms with van der Waals surface area (Å²) in [4.78, 5) is 20.5. The normalized spacial score (nSPS) is 10.2. The number of thioether (sulfide) groups is 1. The summed E-state index contributed by atoms with van der Waals surface area (Å²) in [6, 6.07) is 4.83. The molecule has 0 saturated heterocycles. The second-order valence-electron chi connectivity index (χ2n) is 3.20. The van der Waals surface area contributed by atoms with Crippen molar-refractivity contribution in [3.63, 3.8) is 0 Å². The Hall–Kier alpha value is -1.08. The fourth-order valence-electron chi connectivity index (χ4n) is 1.16. The Morgan fingerprint density at radius 2 is 2.24 bits per heavy atom. The molecule has 5 nitrogen and oxygen atoms in total. The van der Waals surface area contributed by atoms with Gasteiger partial charge in [0.15, 0.2) is 0 Å². The monoisotopic (exact) mass is 319 g/mol. The van der Waals surface area contributed by atoms with Gasteiger partial charge in [-0.25, -0.2) is 0 Å². The summed E-state index contributed by atoms with van der Waals surface area (Å²) in [6.07, 6.45) is 0.0945. The van der Waals surface area contributed by atoms with Crippen LogP contribution in [0.25, 0.3) is 0 Å². The molecule has 0 aliphatic carbocycles. The average molecular weight is 320 g/mol. The van der Waals surface area contributed by atoms with Gasteiger partial charge in [0.2, 0.25) is 0 Å². The van der Waals surface area contributed by atoms with Gasteiger partial charge in [-0.2, -0.15) is 11.8 Å². The number of carboxylic acid groups (broad SMARTS) is 1. The molecule has 0 amide bonds. The van der Waals surface area contributed by atoms with Crippen molar-refractivity contribution in [2.24, 2.45) is 0 Å². The van der Waals surface area contributed by atoms with E-state index in [1.807, 2.05) is 0 Å². The molecule has 0 radical (unpaired) electrons. The number of nitrogens with zero attached hydrogens (tertiary/aromatic N) is 1. The van der Waals surface area contributed by atoms with Crippen molar-refractivity contribution in [2.75, 3.05) is 5.75 Å². The smallest absolute Gasteiger partial charge is 0.304 e. The number of benzene rings is 1. The summed E-state index contributed by atoms with van der Waals surface area (Å²) in [5, 5.41) is 19.2. The Bertz CT molecular complexity index is 438. The van der Waals surface area contributed by atoms with Gasteiger partial charge < -0.3 is 5.11 Å². The first kappa shape index (κ1) is 14.0. The molecule has 92 valence electrons. The molecule has 0 aliphatic heterocycles. The van der Waals surface area contributed by atoms with E-state index in [1.165, 1.54) is 17.8 Å². The van der Waals surface area contributed by atoms with Gasteiger partial charge in [-0.15, -0.1) is 0 Å². The maximum absolute atomic E-state index is 10.7. The summed E-state index contributed by atoms with van der Waals surface area (Å²) >= 11 is 4.63. The van der Waals surface area contributed by atoms with Gasteiger partial charge in [0.05, 0.1) is 15.8 Å². The maximum Gasteiger partial charge on any atom is 0.304 e. The number of nitro benzene ring substituents is 1. The van der Waals surface area contributed by atoms with E-state index >= 15 is 0 Å². The molecule has 0 bridgehead atoms. The Morgan fingerprint density at radius 3 is 2.82 bits per heavy atom. The summed E-state index contributed by atoms with van der Waals surface area (Å²) in [5.41, 5.74) is 0.830. The van der Waals surface area contributed by atoms with E-state index in [-0.39, 0.29) is 12.1 Å². The number of nitro groups is 1. The van der Waals surface area contributed by atoms with Crippen LogP contribution in [0.2, 0.25) is 0 Å². The summed E-state index contributed by atoms with van der Waals surface area (Å²) in [6.45, 7) is 0. The van der Waals surface area contributed by atoms with Gasteiger partial charge >= 0.3 is 5.97 Å². The van der Waals surface area contributed by atoms with Gasteiger partial charge in [-0.3, -0.25) is 14.9 Å². The highest BCUT2D eigenvalue weighted by Crippen LogP contribution is 2.30. The van der Waals surface area contributed by atoms with Crippen LogP contribution in [0.1, 0.15) is 12.0 Å². The van der Waals surface area contributed by atoms with Crippen molar-refractivity contribution < 1.29 is 14.8 Å². The number of halogens is 1. The van der Waals surface area contributed by atoms with E-state index in [1.54, 1.807) is 12.1 Å². The fourth-order valence-corrected chi connectivity index (χ4v) is 2.82. The average Bonchev–Trinajstić information content (AvgIpc) is 2.25. The van der Waals surface area contributed by atoms with Crippen LogP contribution in [0, 0.1) is 10.1 Å². The second kappa shape index (κ2) is 6.61. The summed E-state index contributed by atoms with van der Waals surface area (Å²) < 4.78 is 0.466. The highest BCUT2D eigenvalue weighted by molar-refractivity contribution is 9.10. The van der Waals surface area contributed by atoms with Crippen LogP contribution in [0.3, 0.4) is 0 Å². The summed E-state index contributed by atoms with van der Waals surface area (Å²) in [7, 11) is 0. The first-order valence-electron chi connectivity index (χ1n) is 4.73. The molecule has 0 saturated carbocycles. The largest absolute Gasteiger partial charge is 0.481 e. The Labute approximate surface area is 110 Å². The lowest BCUT2D eigenvalue weighted by atomic mass is 10.2. The van der Waals surface area contributed by atoms with Gasteiger partial charge in [0, 0.05) is 17.6 Å².